The normalized spacial score (nSPS) is 10.7. The molecule has 0 radical (unpaired) electrons. The van der Waals surface area contributed by atoms with Crippen molar-refractivity contribution >= 4 is 17.2 Å². The average Bonchev–Trinajstić information content (AvgIpc) is 3.12. The van der Waals surface area contributed by atoms with Crippen molar-refractivity contribution < 1.29 is 9.53 Å². The molecule has 4 aromatic rings. The Bertz CT molecular complexity index is 1060. The van der Waals surface area contributed by atoms with E-state index in [4.69, 9.17) is 4.74 Å². The van der Waals surface area contributed by atoms with Crippen molar-refractivity contribution in [1.82, 2.24) is 14.6 Å². The van der Waals surface area contributed by atoms with Gasteiger partial charge in [0.05, 0.1) is 19.0 Å². The third-order valence-corrected chi connectivity index (χ3v) is 4.01. The highest BCUT2D eigenvalue weighted by molar-refractivity contribution is 6.03. The maximum Gasteiger partial charge on any atom is 0.276 e. The Hall–Kier alpha value is -3.67. The lowest BCUT2D eigenvalue weighted by Gasteiger charge is -2.06. The van der Waals surface area contributed by atoms with Gasteiger partial charge in [0.2, 0.25) is 0 Å². The average molecular weight is 344 g/mol. The molecule has 0 bridgehead atoms. The molecule has 0 aliphatic carbocycles. The summed E-state index contributed by atoms with van der Waals surface area (Å²) in [6, 6.07) is 20.6. The number of ether oxygens (including phenoxy) is 1. The van der Waals surface area contributed by atoms with E-state index in [-0.39, 0.29) is 5.91 Å². The third-order valence-electron chi connectivity index (χ3n) is 4.01. The Kier molecular flexibility index (Phi) is 4.07. The molecule has 0 saturated heterocycles. The van der Waals surface area contributed by atoms with Crippen LogP contribution in [0.1, 0.15) is 10.5 Å². The lowest BCUT2D eigenvalue weighted by atomic mass is 10.1. The number of nitrogens with zero attached hydrogens (tertiary/aromatic N) is 3. The van der Waals surface area contributed by atoms with Crippen LogP contribution in [0, 0.1) is 0 Å². The number of aromatic nitrogens is 3. The molecule has 1 N–H and O–H groups in total. The number of carbonyl (C=O) groups excluding carboxylic acids is 1. The second-order valence-corrected chi connectivity index (χ2v) is 5.68. The summed E-state index contributed by atoms with van der Waals surface area (Å²) in [5.41, 5.74) is 3.38. The molecule has 0 unspecified atom stereocenters. The molecule has 0 aliphatic rings. The molecule has 0 aliphatic heterocycles. The van der Waals surface area contributed by atoms with E-state index in [9.17, 15) is 4.79 Å². The van der Waals surface area contributed by atoms with Crippen LogP contribution in [0.4, 0.5) is 5.69 Å². The minimum absolute atomic E-state index is 0.261. The van der Waals surface area contributed by atoms with E-state index in [1.165, 1.54) is 6.20 Å². The van der Waals surface area contributed by atoms with Crippen LogP contribution in [0.15, 0.2) is 72.9 Å². The second kappa shape index (κ2) is 6.68. The van der Waals surface area contributed by atoms with Gasteiger partial charge in [-0.2, -0.15) is 5.10 Å². The topological polar surface area (TPSA) is 68.5 Å². The summed E-state index contributed by atoms with van der Waals surface area (Å²) in [6.07, 6.45) is 1.53. The van der Waals surface area contributed by atoms with Gasteiger partial charge in [-0.3, -0.25) is 4.79 Å². The van der Waals surface area contributed by atoms with Crippen LogP contribution in [0.3, 0.4) is 0 Å². The number of anilines is 1. The van der Waals surface area contributed by atoms with Gasteiger partial charge in [-0.05, 0) is 48.5 Å². The Morgan fingerprint density at radius 2 is 1.77 bits per heavy atom. The van der Waals surface area contributed by atoms with Crippen LogP contribution in [-0.2, 0) is 0 Å². The first-order valence-electron chi connectivity index (χ1n) is 8.10. The summed E-state index contributed by atoms with van der Waals surface area (Å²) in [5.74, 6) is 0.517. The Labute approximate surface area is 150 Å². The number of nitrogens with one attached hydrogen (secondary N) is 1. The SMILES string of the molecule is COc1ccc(-c2ccc3ncc(C(=O)Nc4ccccc4)n3n2)cc1. The molecule has 128 valence electrons. The molecule has 0 atom stereocenters. The van der Waals surface area contributed by atoms with Gasteiger partial charge in [0, 0.05) is 11.3 Å². The third kappa shape index (κ3) is 3.00. The Morgan fingerprint density at radius 1 is 1.00 bits per heavy atom. The highest BCUT2D eigenvalue weighted by Gasteiger charge is 2.14. The first kappa shape index (κ1) is 15.8. The highest BCUT2D eigenvalue weighted by Crippen LogP contribution is 2.21. The van der Waals surface area contributed by atoms with Crippen molar-refractivity contribution in [2.45, 2.75) is 0 Å². The number of rotatable bonds is 4. The zero-order valence-electron chi connectivity index (χ0n) is 14.1. The van der Waals surface area contributed by atoms with Crippen LogP contribution in [0.25, 0.3) is 16.9 Å². The van der Waals surface area contributed by atoms with Gasteiger partial charge in [0.1, 0.15) is 5.75 Å². The Morgan fingerprint density at radius 3 is 2.50 bits per heavy atom. The zero-order valence-corrected chi connectivity index (χ0v) is 14.1. The lowest BCUT2D eigenvalue weighted by molar-refractivity contribution is 0.102. The quantitative estimate of drug-likeness (QED) is 0.613. The molecule has 2 heterocycles. The summed E-state index contributed by atoms with van der Waals surface area (Å²) >= 11 is 0. The number of amides is 1. The predicted molar refractivity (Wildman–Crippen MR) is 99.4 cm³/mol. The van der Waals surface area contributed by atoms with Crippen molar-refractivity contribution in [3.05, 3.63) is 78.6 Å². The van der Waals surface area contributed by atoms with Gasteiger partial charge in [0.25, 0.3) is 5.91 Å². The fourth-order valence-electron chi connectivity index (χ4n) is 2.66. The smallest absolute Gasteiger partial charge is 0.276 e. The van der Waals surface area contributed by atoms with Crippen LogP contribution in [0.2, 0.25) is 0 Å². The highest BCUT2D eigenvalue weighted by atomic mass is 16.5. The van der Waals surface area contributed by atoms with Crippen molar-refractivity contribution in [3.8, 4) is 17.0 Å². The molecule has 4 rings (SSSR count). The molecule has 0 saturated carbocycles. The van der Waals surface area contributed by atoms with Gasteiger partial charge in [-0.25, -0.2) is 9.50 Å². The van der Waals surface area contributed by atoms with Crippen molar-refractivity contribution in [3.63, 3.8) is 0 Å². The number of hydrogen-bond donors (Lipinski definition) is 1. The van der Waals surface area contributed by atoms with E-state index < -0.39 is 0 Å². The van der Waals surface area contributed by atoms with E-state index in [0.717, 1.165) is 22.7 Å². The summed E-state index contributed by atoms with van der Waals surface area (Å²) in [7, 11) is 1.63. The first-order chi connectivity index (χ1) is 12.7. The van der Waals surface area contributed by atoms with E-state index in [1.54, 1.807) is 11.6 Å². The van der Waals surface area contributed by atoms with Crippen LogP contribution in [-0.4, -0.2) is 27.6 Å². The largest absolute Gasteiger partial charge is 0.497 e. The maximum atomic E-state index is 12.6. The molecule has 2 aromatic carbocycles. The number of benzene rings is 2. The summed E-state index contributed by atoms with van der Waals surface area (Å²) < 4.78 is 6.73. The number of para-hydroxylation sites is 1. The first-order valence-corrected chi connectivity index (χ1v) is 8.10. The molecule has 0 fully saturated rings. The van der Waals surface area contributed by atoms with Gasteiger partial charge >= 0.3 is 0 Å². The van der Waals surface area contributed by atoms with Crippen LogP contribution in [0.5, 0.6) is 5.75 Å². The Balaban J connectivity index is 1.69. The van der Waals surface area contributed by atoms with Crippen LogP contribution < -0.4 is 10.1 Å². The number of carbonyl (C=O) groups is 1. The maximum absolute atomic E-state index is 12.6. The number of methoxy groups -OCH3 is 1. The van der Waals surface area contributed by atoms with E-state index >= 15 is 0 Å². The molecule has 6 nitrogen and oxygen atoms in total. The number of fused-ring (bicyclic) bond motifs is 1. The summed E-state index contributed by atoms with van der Waals surface area (Å²) in [6.45, 7) is 0. The molecular weight excluding hydrogens is 328 g/mol. The van der Waals surface area contributed by atoms with Crippen molar-refractivity contribution in [2.24, 2.45) is 0 Å². The standard InChI is InChI=1S/C20H16N4O2/c1-26-16-9-7-14(8-10-16)17-11-12-19-21-13-18(24(19)23-17)20(25)22-15-5-3-2-4-6-15/h2-13H,1H3,(H,22,25). The zero-order chi connectivity index (χ0) is 17.9. The molecule has 6 heteroatoms. The fourth-order valence-corrected chi connectivity index (χ4v) is 2.66. The fraction of sp³-hybridized carbons (Fsp3) is 0.0500. The number of imidazole rings is 1. The minimum atomic E-state index is -0.261. The summed E-state index contributed by atoms with van der Waals surface area (Å²) in [5, 5.41) is 7.43. The molecule has 2 aromatic heterocycles. The number of hydrogen-bond acceptors (Lipinski definition) is 4. The van der Waals surface area contributed by atoms with Gasteiger partial charge in [-0.15, -0.1) is 0 Å². The van der Waals surface area contributed by atoms with Gasteiger partial charge in [0.15, 0.2) is 11.3 Å². The second-order valence-electron chi connectivity index (χ2n) is 5.68. The predicted octanol–water partition coefficient (Wildman–Crippen LogP) is 3.66. The lowest BCUT2D eigenvalue weighted by Crippen LogP contribution is -2.15. The monoisotopic (exact) mass is 344 g/mol. The van der Waals surface area contributed by atoms with Gasteiger partial charge in [-0.1, -0.05) is 18.2 Å². The van der Waals surface area contributed by atoms with Crippen molar-refractivity contribution in [1.29, 1.82) is 0 Å². The van der Waals surface area contributed by atoms with Crippen molar-refractivity contribution in [2.75, 3.05) is 12.4 Å². The molecular formula is C20H16N4O2. The van der Waals surface area contributed by atoms with E-state index in [1.807, 2.05) is 66.7 Å². The van der Waals surface area contributed by atoms with E-state index in [0.29, 0.717) is 11.3 Å². The molecule has 1 amide bonds. The van der Waals surface area contributed by atoms with E-state index in [2.05, 4.69) is 15.4 Å². The molecule has 0 spiro atoms. The summed E-state index contributed by atoms with van der Waals surface area (Å²) in [4.78, 5) is 16.9. The van der Waals surface area contributed by atoms with Gasteiger partial charge < -0.3 is 10.1 Å². The minimum Gasteiger partial charge on any atom is -0.497 e. The molecule has 26 heavy (non-hydrogen) atoms. The van der Waals surface area contributed by atoms with Crippen LogP contribution >= 0.6 is 0 Å².